The fourth-order valence-corrected chi connectivity index (χ4v) is 3.01. The van der Waals surface area contributed by atoms with Crippen molar-refractivity contribution in [3.05, 3.63) is 32.9 Å². The molecule has 2 heterocycles. The topological polar surface area (TPSA) is 84.3 Å². The van der Waals surface area contributed by atoms with Crippen LogP contribution in [0.3, 0.4) is 0 Å². The van der Waals surface area contributed by atoms with Gasteiger partial charge in [0.1, 0.15) is 5.60 Å². The summed E-state index contributed by atoms with van der Waals surface area (Å²) in [4.78, 5) is 24.3. The second-order valence-corrected chi connectivity index (χ2v) is 5.30. The number of nitrogens with zero attached hydrogens (tertiary/aromatic N) is 1. The molecule has 0 amide bonds. The highest BCUT2D eigenvalue weighted by atomic mass is 79.9. The summed E-state index contributed by atoms with van der Waals surface area (Å²) < 4.78 is 33.7. The first-order valence-electron chi connectivity index (χ1n) is 5.86. The van der Waals surface area contributed by atoms with Gasteiger partial charge in [0.2, 0.25) is 5.82 Å². The van der Waals surface area contributed by atoms with Gasteiger partial charge in [-0.2, -0.15) is 4.39 Å². The molecular formula is C11H13BrF2N2O4. The molecule has 4 atom stereocenters. The molecule has 0 spiro atoms. The minimum absolute atomic E-state index is 0.148. The average molecular weight is 355 g/mol. The van der Waals surface area contributed by atoms with Crippen molar-refractivity contribution >= 4 is 15.9 Å². The number of alkyl halides is 2. The summed E-state index contributed by atoms with van der Waals surface area (Å²) in [6.45, 7) is 1.06. The molecule has 2 rings (SSSR count). The van der Waals surface area contributed by atoms with Crippen molar-refractivity contribution in [1.29, 1.82) is 0 Å². The maximum Gasteiger partial charge on any atom is 0.330 e. The zero-order valence-electron chi connectivity index (χ0n) is 10.5. The third kappa shape index (κ3) is 2.23. The molecule has 20 heavy (non-hydrogen) atoms. The van der Waals surface area contributed by atoms with Crippen LogP contribution in [0.4, 0.5) is 8.78 Å². The van der Waals surface area contributed by atoms with Crippen LogP contribution in [0, 0.1) is 11.7 Å². The van der Waals surface area contributed by atoms with Crippen molar-refractivity contribution in [1.82, 2.24) is 9.55 Å². The van der Waals surface area contributed by atoms with Gasteiger partial charge >= 0.3 is 5.69 Å². The first-order valence-corrected chi connectivity index (χ1v) is 6.98. The van der Waals surface area contributed by atoms with Crippen LogP contribution >= 0.6 is 15.9 Å². The van der Waals surface area contributed by atoms with Gasteiger partial charge in [-0.25, -0.2) is 9.18 Å². The lowest BCUT2D eigenvalue weighted by atomic mass is 9.90. The van der Waals surface area contributed by atoms with E-state index in [2.05, 4.69) is 15.9 Å². The lowest BCUT2D eigenvalue weighted by Gasteiger charge is -2.28. The summed E-state index contributed by atoms with van der Waals surface area (Å²) in [5.41, 5.74) is -3.36. The number of aromatic amines is 1. The Hall–Kier alpha value is -1.06. The Labute approximate surface area is 120 Å². The lowest BCUT2D eigenvalue weighted by Crippen LogP contribution is -2.41. The standard InChI is InChI=1S/C11H13BrF2N2O4/c1-5-7(14)9(20-11(5,3-12)4-17)16-2-6(13)8(18)15-10(16)19/h2,5,7,9,17H,3-4H2,1H3,(H,15,18,19)/t5-,7-,9+,11+/m0/s1. The monoisotopic (exact) mass is 354 g/mol. The predicted molar refractivity (Wildman–Crippen MR) is 69.1 cm³/mol. The van der Waals surface area contributed by atoms with Gasteiger partial charge in [0, 0.05) is 11.2 Å². The van der Waals surface area contributed by atoms with E-state index in [4.69, 9.17) is 4.74 Å². The smallest absolute Gasteiger partial charge is 0.330 e. The fourth-order valence-electron chi connectivity index (χ4n) is 2.19. The van der Waals surface area contributed by atoms with Crippen LogP contribution in [0.1, 0.15) is 13.2 Å². The first-order chi connectivity index (χ1) is 9.36. The van der Waals surface area contributed by atoms with Crippen molar-refractivity contribution in [2.45, 2.75) is 24.9 Å². The van der Waals surface area contributed by atoms with Gasteiger partial charge in [-0.15, -0.1) is 0 Å². The fraction of sp³-hybridized carbons (Fsp3) is 0.636. The number of aromatic nitrogens is 2. The first kappa shape index (κ1) is 15.3. The normalized spacial score (nSPS) is 33.5. The molecule has 1 aliphatic heterocycles. The third-order valence-electron chi connectivity index (χ3n) is 3.63. The molecule has 9 heteroatoms. The third-order valence-corrected chi connectivity index (χ3v) is 4.58. The number of rotatable bonds is 3. The number of H-pyrrole nitrogens is 1. The second-order valence-electron chi connectivity index (χ2n) is 4.74. The van der Waals surface area contributed by atoms with Crippen LogP contribution in [0.5, 0.6) is 0 Å². The molecule has 0 aromatic carbocycles. The molecule has 1 aromatic heterocycles. The van der Waals surface area contributed by atoms with Crippen LogP contribution in [0.2, 0.25) is 0 Å². The molecule has 1 aromatic rings. The van der Waals surface area contributed by atoms with Gasteiger partial charge in [-0.1, -0.05) is 22.9 Å². The Bertz CT molecular complexity index is 613. The molecule has 1 saturated heterocycles. The molecule has 6 nitrogen and oxygen atoms in total. The number of aliphatic hydroxyl groups excluding tert-OH is 1. The zero-order valence-corrected chi connectivity index (χ0v) is 12.1. The summed E-state index contributed by atoms with van der Waals surface area (Å²) >= 11 is 3.14. The van der Waals surface area contributed by atoms with E-state index < -0.39 is 47.6 Å². The van der Waals surface area contributed by atoms with E-state index in [1.807, 2.05) is 0 Å². The largest absolute Gasteiger partial charge is 0.393 e. The minimum Gasteiger partial charge on any atom is -0.393 e. The van der Waals surface area contributed by atoms with E-state index in [9.17, 15) is 23.5 Å². The van der Waals surface area contributed by atoms with E-state index in [1.165, 1.54) is 6.92 Å². The Balaban J connectivity index is 2.47. The predicted octanol–water partition coefficient (Wildman–Crippen LogP) is 0.305. The average Bonchev–Trinajstić information content (AvgIpc) is 2.68. The summed E-state index contributed by atoms with van der Waals surface area (Å²) in [7, 11) is 0. The van der Waals surface area contributed by atoms with Crippen LogP contribution in [0.25, 0.3) is 0 Å². The highest BCUT2D eigenvalue weighted by molar-refractivity contribution is 9.09. The van der Waals surface area contributed by atoms with E-state index >= 15 is 0 Å². The summed E-state index contributed by atoms with van der Waals surface area (Å²) in [6, 6.07) is 0. The van der Waals surface area contributed by atoms with Crippen molar-refractivity contribution in [3.8, 4) is 0 Å². The van der Waals surface area contributed by atoms with Gasteiger partial charge in [0.25, 0.3) is 5.56 Å². The number of hydrogen-bond donors (Lipinski definition) is 2. The van der Waals surface area contributed by atoms with Crippen molar-refractivity contribution < 1.29 is 18.6 Å². The molecule has 0 bridgehead atoms. The lowest BCUT2D eigenvalue weighted by molar-refractivity contribution is -0.0994. The number of halogens is 3. The highest BCUT2D eigenvalue weighted by Crippen LogP contribution is 2.43. The Kier molecular flexibility index (Phi) is 4.12. The number of hydrogen-bond acceptors (Lipinski definition) is 4. The number of aliphatic hydroxyl groups is 1. The number of nitrogens with one attached hydrogen (secondary N) is 1. The molecule has 0 aliphatic carbocycles. The van der Waals surface area contributed by atoms with E-state index in [-0.39, 0.29) is 5.33 Å². The summed E-state index contributed by atoms with van der Waals surface area (Å²) in [6.07, 6.45) is -2.44. The van der Waals surface area contributed by atoms with Crippen LogP contribution in [-0.4, -0.2) is 38.4 Å². The van der Waals surface area contributed by atoms with Gasteiger partial charge < -0.3 is 9.84 Å². The SMILES string of the molecule is C[C@H]1[C@H](F)[C@H](n2cc(F)c(=O)[nH]c2=O)O[C@@]1(CO)CBr. The molecule has 1 aliphatic rings. The Morgan fingerprint density at radius 2 is 2.25 bits per heavy atom. The Morgan fingerprint density at radius 1 is 1.60 bits per heavy atom. The molecule has 0 radical (unpaired) electrons. The van der Waals surface area contributed by atoms with Crippen LogP contribution in [-0.2, 0) is 4.74 Å². The molecule has 0 saturated carbocycles. The molecule has 112 valence electrons. The van der Waals surface area contributed by atoms with Gasteiger partial charge in [-0.3, -0.25) is 14.3 Å². The van der Waals surface area contributed by atoms with Gasteiger partial charge in [0.05, 0.1) is 12.8 Å². The van der Waals surface area contributed by atoms with Crippen molar-refractivity contribution in [2.24, 2.45) is 5.92 Å². The molecule has 1 fully saturated rings. The van der Waals surface area contributed by atoms with Crippen molar-refractivity contribution in [2.75, 3.05) is 11.9 Å². The van der Waals surface area contributed by atoms with E-state index in [1.54, 1.807) is 4.98 Å². The Morgan fingerprint density at radius 3 is 2.75 bits per heavy atom. The van der Waals surface area contributed by atoms with E-state index in [0.29, 0.717) is 10.8 Å². The summed E-state index contributed by atoms with van der Waals surface area (Å²) in [5.74, 6) is -1.94. The number of ether oxygens (including phenoxy) is 1. The molecule has 2 N–H and O–H groups in total. The zero-order chi connectivity index (χ0) is 15.1. The minimum atomic E-state index is -1.64. The van der Waals surface area contributed by atoms with Crippen LogP contribution < -0.4 is 11.2 Å². The van der Waals surface area contributed by atoms with Crippen LogP contribution in [0.15, 0.2) is 15.8 Å². The molecule has 0 unspecified atom stereocenters. The van der Waals surface area contributed by atoms with Gasteiger partial charge in [0.15, 0.2) is 12.4 Å². The quantitative estimate of drug-likeness (QED) is 0.765. The maximum absolute atomic E-state index is 14.3. The highest BCUT2D eigenvalue weighted by Gasteiger charge is 2.53. The van der Waals surface area contributed by atoms with Crippen molar-refractivity contribution in [3.63, 3.8) is 0 Å². The summed E-state index contributed by atoms with van der Waals surface area (Å²) in [5, 5.41) is 9.54. The second kappa shape index (κ2) is 5.38. The van der Waals surface area contributed by atoms with Gasteiger partial charge in [-0.05, 0) is 0 Å². The molecular weight excluding hydrogens is 342 g/mol. The maximum atomic E-state index is 14.3. The van der Waals surface area contributed by atoms with E-state index in [0.717, 1.165) is 0 Å².